The van der Waals surface area contributed by atoms with E-state index < -0.39 is 0 Å². The first-order valence-corrected chi connectivity index (χ1v) is 9.20. The lowest BCUT2D eigenvalue weighted by Crippen LogP contribution is -2.35. The van der Waals surface area contributed by atoms with Crippen molar-refractivity contribution in [1.29, 1.82) is 0 Å². The van der Waals surface area contributed by atoms with Gasteiger partial charge in [0.1, 0.15) is 29.5 Å². The van der Waals surface area contributed by atoms with E-state index >= 15 is 0 Å². The standard InChI is InChI=1S/C21H23FN4O2/c1-25(21-19-8-14(22)4-5-20(19)23-13-24-21)15-6-7-26(12-15)16-9-17(27-2)11-18(10-16)28-3/h4-5,8-11,13,15H,6-7,12H2,1-3H3. The lowest BCUT2D eigenvalue weighted by Gasteiger charge is -2.27. The van der Waals surface area contributed by atoms with Crippen LogP contribution in [0.2, 0.25) is 0 Å². The van der Waals surface area contributed by atoms with Gasteiger partial charge in [-0.15, -0.1) is 0 Å². The Morgan fingerprint density at radius 3 is 2.54 bits per heavy atom. The molecule has 2 aromatic carbocycles. The second-order valence-electron chi connectivity index (χ2n) is 6.93. The van der Waals surface area contributed by atoms with E-state index in [4.69, 9.17) is 9.47 Å². The van der Waals surface area contributed by atoms with Crippen LogP contribution < -0.4 is 19.3 Å². The molecular weight excluding hydrogens is 359 g/mol. The van der Waals surface area contributed by atoms with Gasteiger partial charge in [-0.2, -0.15) is 0 Å². The number of anilines is 2. The molecule has 28 heavy (non-hydrogen) atoms. The van der Waals surface area contributed by atoms with E-state index in [1.165, 1.54) is 18.5 Å². The van der Waals surface area contributed by atoms with Gasteiger partial charge >= 0.3 is 0 Å². The molecule has 1 fully saturated rings. The summed E-state index contributed by atoms with van der Waals surface area (Å²) in [7, 11) is 5.31. The Labute approximate surface area is 163 Å². The molecule has 0 spiro atoms. The first kappa shape index (κ1) is 18.3. The van der Waals surface area contributed by atoms with E-state index in [0.717, 1.165) is 53.4 Å². The average Bonchev–Trinajstić information content (AvgIpc) is 3.22. The van der Waals surface area contributed by atoms with Gasteiger partial charge in [-0.1, -0.05) is 0 Å². The van der Waals surface area contributed by atoms with E-state index in [-0.39, 0.29) is 11.9 Å². The van der Waals surface area contributed by atoms with Crippen LogP contribution in [0.4, 0.5) is 15.9 Å². The molecule has 6 nitrogen and oxygen atoms in total. The van der Waals surface area contributed by atoms with Crippen molar-refractivity contribution in [3.8, 4) is 11.5 Å². The van der Waals surface area contributed by atoms with Gasteiger partial charge in [-0.3, -0.25) is 0 Å². The number of halogens is 1. The van der Waals surface area contributed by atoms with Crippen LogP contribution >= 0.6 is 0 Å². The number of benzene rings is 2. The number of hydrogen-bond acceptors (Lipinski definition) is 6. The van der Waals surface area contributed by atoms with Crippen molar-refractivity contribution >= 4 is 22.4 Å². The summed E-state index contributed by atoms with van der Waals surface area (Å²) >= 11 is 0. The number of rotatable bonds is 5. The number of hydrogen-bond donors (Lipinski definition) is 0. The number of nitrogens with zero attached hydrogens (tertiary/aromatic N) is 4. The minimum absolute atomic E-state index is 0.249. The van der Waals surface area contributed by atoms with Gasteiger partial charge in [0, 0.05) is 55.5 Å². The lowest BCUT2D eigenvalue weighted by atomic mass is 10.2. The van der Waals surface area contributed by atoms with Gasteiger partial charge in [-0.25, -0.2) is 14.4 Å². The van der Waals surface area contributed by atoms with Gasteiger partial charge in [0.05, 0.1) is 19.7 Å². The molecule has 7 heteroatoms. The molecule has 1 atom stereocenters. The Morgan fingerprint density at radius 2 is 1.82 bits per heavy atom. The van der Waals surface area contributed by atoms with Crippen LogP contribution in [0.1, 0.15) is 6.42 Å². The molecule has 0 aliphatic carbocycles. The largest absolute Gasteiger partial charge is 0.497 e. The predicted octanol–water partition coefficient (Wildman–Crippen LogP) is 3.50. The molecule has 0 saturated carbocycles. The molecule has 0 amide bonds. The third-order valence-corrected chi connectivity index (χ3v) is 5.32. The fraction of sp³-hybridized carbons (Fsp3) is 0.333. The smallest absolute Gasteiger partial charge is 0.140 e. The first-order valence-electron chi connectivity index (χ1n) is 9.20. The molecule has 146 valence electrons. The normalized spacial score (nSPS) is 16.4. The van der Waals surface area contributed by atoms with Crippen molar-refractivity contribution in [3.63, 3.8) is 0 Å². The Hall–Kier alpha value is -3.09. The fourth-order valence-corrected chi connectivity index (χ4v) is 3.74. The second kappa shape index (κ2) is 7.50. The SMILES string of the molecule is COc1cc(OC)cc(N2CCC(N(C)c3ncnc4ccc(F)cc34)C2)c1. The van der Waals surface area contributed by atoms with E-state index in [0.29, 0.717) is 0 Å². The fourth-order valence-electron chi connectivity index (χ4n) is 3.74. The third kappa shape index (κ3) is 3.40. The van der Waals surface area contributed by atoms with Crippen LogP contribution in [0.15, 0.2) is 42.7 Å². The number of fused-ring (bicyclic) bond motifs is 1. The lowest BCUT2D eigenvalue weighted by molar-refractivity contribution is 0.394. The van der Waals surface area contributed by atoms with Gasteiger partial charge in [0.25, 0.3) is 0 Å². The molecule has 0 bridgehead atoms. The summed E-state index contributed by atoms with van der Waals surface area (Å²) in [6.45, 7) is 1.73. The number of aromatic nitrogens is 2. The topological polar surface area (TPSA) is 50.7 Å². The first-order chi connectivity index (χ1) is 13.6. The summed E-state index contributed by atoms with van der Waals surface area (Å²) in [6.07, 6.45) is 2.50. The predicted molar refractivity (Wildman–Crippen MR) is 108 cm³/mol. The van der Waals surface area contributed by atoms with E-state index in [9.17, 15) is 4.39 Å². The third-order valence-electron chi connectivity index (χ3n) is 5.32. The van der Waals surface area contributed by atoms with Crippen molar-refractivity contribution in [3.05, 3.63) is 48.5 Å². The quantitative estimate of drug-likeness (QED) is 0.673. The molecule has 0 radical (unpaired) electrons. The minimum Gasteiger partial charge on any atom is -0.497 e. The Balaban J connectivity index is 1.59. The van der Waals surface area contributed by atoms with Gasteiger partial charge in [0.2, 0.25) is 0 Å². The molecule has 1 aliphatic heterocycles. The van der Waals surface area contributed by atoms with Crippen LogP contribution in [0.25, 0.3) is 10.9 Å². The molecule has 0 N–H and O–H groups in total. The zero-order chi connectivity index (χ0) is 19.7. The van der Waals surface area contributed by atoms with Crippen LogP contribution in [0.5, 0.6) is 11.5 Å². The van der Waals surface area contributed by atoms with E-state index in [2.05, 4.69) is 19.8 Å². The molecular formula is C21H23FN4O2. The zero-order valence-corrected chi connectivity index (χ0v) is 16.2. The van der Waals surface area contributed by atoms with Gasteiger partial charge in [0.15, 0.2) is 0 Å². The second-order valence-corrected chi connectivity index (χ2v) is 6.93. The highest BCUT2D eigenvalue weighted by atomic mass is 19.1. The van der Waals surface area contributed by atoms with Gasteiger partial charge in [-0.05, 0) is 24.6 Å². The molecule has 4 rings (SSSR count). The van der Waals surface area contributed by atoms with E-state index in [1.54, 1.807) is 20.3 Å². The minimum atomic E-state index is -0.284. The number of likely N-dealkylation sites (N-methyl/N-ethyl adjacent to an activating group) is 1. The molecule has 3 aromatic rings. The van der Waals surface area contributed by atoms with E-state index in [1.807, 2.05) is 25.2 Å². The van der Waals surface area contributed by atoms with Crippen molar-refractivity contribution < 1.29 is 13.9 Å². The zero-order valence-electron chi connectivity index (χ0n) is 16.2. The van der Waals surface area contributed by atoms with Crippen LogP contribution in [-0.2, 0) is 0 Å². The summed E-state index contributed by atoms with van der Waals surface area (Å²) in [5, 5.41) is 0.728. The van der Waals surface area contributed by atoms with Crippen molar-refractivity contribution in [2.45, 2.75) is 12.5 Å². The van der Waals surface area contributed by atoms with Crippen LogP contribution in [0.3, 0.4) is 0 Å². The monoisotopic (exact) mass is 382 g/mol. The van der Waals surface area contributed by atoms with Crippen LogP contribution in [0, 0.1) is 5.82 Å². The van der Waals surface area contributed by atoms with Gasteiger partial charge < -0.3 is 19.3 Å². The Bertz CT molecular complexity index is 975. The molecule has 1 aliphatic rings. The Kier molecular flexibility index (Phi) is 4.90. The highest BCUT2D eigenvalue weighted by Crippen LogP contribution is 2.32. The molecule has 1 aromatic heterocycles. The summed E-state index contributed by atoms with van der Waals surface area (Å²) in [4.78, 5) is 13.1. The maximum absolute atomic E-state index is 13.8. The average molecular weight is 382 g/mol. The molecule has 1 saturated heterocycles. The summed E-state index contributed by atoms with van der Waals surface area (Å²) < 4.78 is 24.6. The highest BCUT2D eigenvalue weighted by Gasteiger charge is 2.28. The van der Waals surface area contributed by atoms with Crippen molar-refractivity contribution in [2.75, 3.05) is 44.2 Å². The summed E-state index contributed by atoms with van der Waals surface area (Å²) in [5.41, 5.74) is 1.80. The van der Waals surface area contributed by atoms with Crippen molar-refractivity contribution in [1.82, 2.24) is 9.97 Å². The Morgan fingerprint density at radius 1 is 1.07 bits per heavy atom. The summed E-state index contributed by atoms with van der Waals surface area (Å²) in [5.74, 6) is 2.00. The number of methoxy groups -OCH3 is 2. The summed E-state index contributed by atoms with van der Waals surface area (Å²) in [6, 6.07) is 10.8. The van der Waals surface area contributed by atoms with Crippen molar-refractivity contribution in [2.24, 2.45) is 0 Å². The highest BCUT2D eigenvalue weighted by molar-refractivity contribution is 5.89. The number of ether oxygens (including phenoxy) is 2. The van der Waals surface area contributed by atoms with Crippen LogP contribution in [-0.4, -0.2) is 50.4 Å². The maximum Gasteiger partial charge on any atom is 0.140 e. The molecule has 1 unspecified atom stereocenters. The molecule has 2 heterocycles. The maximum atomic E-state index is 13.8.